The zero-order valence-electron chi connectivity index (χ0n) is 9.02. The van der Waals surface area contributed by atoms with E-state index in [-0.39, 0.29) is 16.9 Å². The summed E-state index contributed by atoms with van der Waals surface area (Å²) < 4.78 is 3.54. The largest absolute Gasteiger partial charge is 0.332 e. The fraction of sp³-hybridized carbons (Fsp3) is 0.250. The minimum atomic E-state index is -0.499. The maximum atomic E-state index is 11.9. The highest BCUT2D eigenvalue weighted by Gasteiger charge is 2.12. The van der Waals surface area contributed by atoms with E-state index in [1.54, 1.807) is 0 Å². The molecule has 3 rings (SSSR count). The zero-order valence-corrected chi connectivity index (χ0v) is 9.02. The maximum Gasteiger partial charge on any atom is 0.332 e. The first-order valence-electron chi connectivity index (χ1n) is 4.73. The van der Waals surface area contributed by atoms with Crippen LogP contribution in [-0.4, -0.2) is 33.9 Å². The number of hydrogen-bond acceptors (Lipinski definition) is 6. The minimum Gasteiger partial charge on any atom is -0.278 e. The fourth-order valence-corrected chi connectivity index (χ4v) is 1.60. The van der Waals surface area contributed by atoms with Gasteiger partial charge in [-0.05, 0) is 0 Å². The number of nitrogens with zero attached hydrogens (tertiary/aromatic N) is 7. The van der Waals surface area contributed by atoms with Crippen LogP contribution in [0.4, 0.5) is 0 Å². The van der Waals surface area contributed by atoms with Crippen molar-refractivity contribution in [2.75, 3.05) is 0 Å². The van der Waals surface area contributed by atoms with E-state index >= 15 is 0 Å². The molecular weight excluding hydrogens is 226 g/mol. The lowest BCUT2D eigenvalue weighted by Gasteiger charge is -2.04. The van der Waals surface area contributed by atoms with Crippen LogP contribution in [0.5, 0.6) is 0 Å². The van der Waals surface area contributed by atoms with Crippen molar-refractivity contribution in [1.29, 1.82) is 0 Å². The maximum absolute atomic E-state index is 11.9. The Morgan fingerprint density at radius 1 is 1.18 bits per heavy atom. The number of fused-ring (bicyclic) bond motifs is 2. The van der Waals surface area contributed by atoms with Crippen molar-refractivity contribution in [3.05, 3.63) is 27.2 Å². The quantitative estimate of drug-likeness (QED) is 0.448. The molecule has 0 unspecified atom stereocenters. The van der Waals surface area contributed by atoms with Gasteiger partial charge in [-0.25, -0.2) is 9.78 Å². The van der Waals surface area contributed by atoms with Gasteiger partial charge in [-0.3, -0.25) is 13.9 Å². The van der Waals surface area contributed by atoms with Crippen LogP contribution >= 0.6 is 0 Å². The van der Waals surface area contributed by atoms with Gasteiger partial charge in [-0.2, -0.15) is 4.52 Å². The normalized spacial score (nSPS) is 11.4. The molecule has 0 radical (unpaired) electrons. The Morgan fingerprint density at radius 3 is 2.71 bits per heavy atom. The molecule has 86 valence electrons. The number of hydrogen-bond donors (Lipinski definition) is 0. The molecule has 0 aliphatic heterocycles. The molecule has 0 amide bonds. The summed E-state index contributed by atoms with van der Waals surface area (Å²) in [6, 6.07) is 0. The molecule has 3 heterocycles. The Labute approximate surface area is 93.0 Å². The van der Waals surface area contributed by atoms with Gasteiger partial charge in [-0.15, -0.1) is 15.3 Å². The van der Waals surface area contributed by atoms with Crippen molar-refractivity contribution in [2.24, 2.45) is 14.1 Å². The summed E-state index contributed by atoms with van der Waals surface area (Å²) >= 11 is 0. The van der Waals surface area contributed by atoms with Gasteiger partial charge in [0.1, 0.15) is 6.33 Å². The molecule has 0 aliphatic rings. The molecule has 9 heteroatoms. The Morgan fingerprint density at radius 2 is 1.94 bits per heavy atom. The van der Waals surface area contributed by atoms with Crippen LogP contribution in [0.2, 0.25) is 0 Å². The van der Waals surface area contributed by atoms with E-state index in [0.717, 1.165) is 4.57 Å². The predicted molar refractivity (Wildman–Crippen MR) is 56.6 cm³/mol. The van der Waals surface area contributed by atoms with Gasteiger partial charge in [0.15, 0.2) is 11.2 Å². The first kappa shape index (κ1) is 9.63. The van der Waals surface area contributed by atoms with E-state index in [1.807, 2.05) is 0 Å². The molecule has 0 aliphatic carbocycles. The molecule has 0 aromatic carbocycles. The van der Waals surface area contributed by atoms with E-state index in [0.29, 0.717) is 0 Å². The van der Waals surface area contributed by atoms with Crippen molar-refractivity contribution < 1.29 is 0 Å². The Hall–Kier alpha value is -2.58. The standard InChI is InChI=1S/C8H7N7O2/c1-13-5-4(6(16)14(2)8(13)17)10-7-11-9-3-15(7)12-5/h3H,1-2H3. The van der Waals surface area contributed by atoms with Crippen molar-refractivity contribution in [1.82, 2.24) is 33.9 Å². The molecule has 0 bridgehead atoms. The highest BCUT2D eigenvalue weighted by Crippen LogP contribution is 2.01. The first-order chi connectivity index (χ1) is 8.09. The number of aromatic nitrogens is 7. The lowest BCUT2D eigenvalue weighted by molar-refractivity contribution is 0.695. The van der Waals surface area contributed by atoms with Crippen LogP contribution in [0.25, 0.3) is 16.9 Å². The molecule has 0 saturated carbocycles. The SMILES string of the molecule is Cn1c(=O)c2nc3nncn3nc2n(C)c1=O. The van der Waals surface area contributed by atoms with Crippen molar-refractivity contribution in [3.8, 4) is 0 Å². The lowest BCUT2D eigenvalue weighted by atomic mass is 10.5. The van der Waals surface area contributed by atoms with Gasteiger partial charge in [-0.1, -0.05) is 0 Å². The van der Waals surface area contributed by atoms with Crippen LogP contribution in [-0.2, 0) is 14.1 Å². The van der Waals surface area contributed by atoms with Crippen LogP contribution in [0.1, 0.15) is 0 Å². The second-order valence-electron chi connectivity index (χ2n) is 3.57. The third kappa shape index (κ3) is 1.13. The van der Waals surface area contributed by atoms with E-state index in [1.165, 1.54) is 29.5 Å². The van der Waals surface area contributed by atoms with Crippen molar-refractivity contribution >= 4 is 16.9 Å². The summed E-state index contributed by atoms with van der Waals surface area (Å²) in [4.78, 5) is 27.6. The first-order valence-corrected chi connectivity index (χ1v) is 4.73. The third-order valence-electron chi connectivity index (χ3n) is 2.54. The molecule has 0 spiro atoms. The summed E-state index contributed by atoms with van der Waals surface area (Å²) in [6.07, 6.45) is 1.35. The monoisotopic (exact) mass is 233 g/mol. The Kier molecular flexibility index (Phi) is 1.68. The van der Waals surface area contributed by atoms with Crippen LogP contribution < -0.4 is 11.2 Å². The summed E-state index contributed by atoms with van der Waals surface area (Å²) in [7, 11) is 2.91. The summed E-state index contributed by atoms with van der Waals surface area (Å²) in [5.41, 5.74) is -0.661. The van der Waals surface area contributed by atoms with Crippen LogP contribution in [0, 0.1) is 0 Å². The summed E-state index contributed by atoms with van der Waals surface area (Å²) in [6.45, 7) is 0. The molecule has 9 nitrogen and oxygen atoms in total. The molecular formula is C8H7N7O2. The highest BCUT2D eigenvalue weighted by molar-refractivity contribution is 5.69. The number of aryl methyl sites for hydroxylation is 1. The lowest BCUT2D eigenvalue weighted by Crippen LogP contribution is -2.38. The van der Waals surface area contributed by atoms with Gasteiger partial charge >= 0.3 is 5.69 Å². The molecule has 3 aromatic heterocycles. The number of rotatable bonds is 0. The summed E-state index contributed by atoms with van der Waals surface area (Å²) in [5.74, 6) is 0.216. The third-order valence-corrected chi connectivity index (χ3v) is 2.54. The van der Waals surface area contributed by atoms with Gasteiger partial charge in [0.2, 0.25) is 0 Å². The molecule has 0 atom stereocenters. The Balaban J connectivity index is 2.70. The van der Waals surface area contributed by atoms with E-state index < -0.39 is 11.2 Å². The van der Waals surface area contributed by atoms with Crippen LogP contribution in [0.15, 0.2) is 15.9 Å². The smallest absolute Gasteiger partial charge is 0.278 e. The van der Waals surface area contributed by atoms with E-state index in [9.17, 15) is 9.59 Å². The molecule has 0 fully saturated rings. The fourth-order valence-electron chi connectivity index (χ4n) is 1.60. The average Bonchev–Trinajstić information content (AvgIpc) is 2.79. The average molecular weight is 233 g/mol. The van der Waals surface area contributed by atoms with E-state index in [2.05, 4.69) is 20.3 Å². The molecule has 17 heavy (non-hydrogen) atoms. The second-order valence-corrected chi connectivity index (χ2v) is 3.57. The predicted octanol–water partition coefficient (Wildman–Crippen LogP) is -1.93. The van der Waals surface area contributed by atoms with E-state index in [4.69, 9.17) is 0 Å². The van der Waals surface area contributed by atoms with Crippen LogP contribution in [0.3, 0.4) is 0 Å². The molecule has 0 saturated heterocycles. The van der Waals surface area contributed by atoms with Crippen molar-refractivity contribution in [3.63, 3.8) is 0 Å². The topological polar surface area (TPSA) is 100.0 Å². The van der Waals surface area contributed by atoms with Gasteiger partial charge in [0.25, 0.3) is 11.3 Å². The highest BCUT2D eigenvalue weighted by atomic mass is 16.2. The van der Waals surface area contributed by atoms with Crippen molar-refractivity contribution in [2.45, 2.75) is 0 Å². The summed E-state index contributed by atoms with van der Waals surface area (Å²) in [5, 5.41) is 11.4. The molecule has 0 N–H and O–H groups in total. The van der Waals surface area contributed by atoms with Gasteiger partial charge < -0.3 is 0 Å². The Bertz CT molecular complexity index is 856. The zero-order chi connectivity index (χ0) is 12.2. The molecule has 3 aromatic rings. The second kappa shape index (κ2) is 2.97. The minimum absolute atomic E-state index is 0.0927. The van der Waals surface area contributed by atoms with Gasteiger partial charge in [0.05, 0.1) is 0 Å². The van der Waals surface area contributed by atoms with Gasteiger partial charge in [0, 0.05) is 14.1 Å².